The van der Waals surface area contributed by atoms with Crippen LogP contribution in [0.5, 0.6) is 0 Å². The molecule has 0 aliphatic heterocycles. The van der Waals surface area contributed by atoms with Crippen molar-refractivity contribution in [2.45, 2.75) is 13.5 Å². The van der Waals surface area contributed by atoms with Gasteiger partial charge in [-0.2, -0.15) is 4.91 Å². The van der Waals surface area contributed by atoms with Crippen LogP contribution in [0.3, 0.4) is 0 Å². The second-order valence-electron chi connectivity index (χ2n) is 3.80. The van der Waals surface area contributed by atoms with E-state index in [0.29, 0.717) is 0 Å². The molecule has 0 atom stereocenters. The third kappa shape index (κ3) is 2.16. The molecule has 16 heavy (non-hydrogen) atoms. The summed E-state index contributed by atoms with van der Waals surface area (Å²) < 4.78 is 0. The van der Waals surface area contributed by atoms with Crippen molar-refractivity contribution in [1.29, 1.82) is 0 Å². The van der Waals surface area contributed by atoms with Gasteiger partial charge in [-0.1, -0.05) is 53.7 Å². The van der Waals surface area contributed by atoms with Crippen molar-refractivity contribution >= 4 is 0 Å². The number of hydrogen-bond acceptors (Lipinski definition) is 2. The molecule has 0 aromatic heterocycles. The molecule has 2 rings (SSSR count). The molecule has 0 N–H and O–H groups in total. The Bertz CT molecular complexity index is 488. The highest BCUT2D eigenvalue weighted by Gasteiger charge is 2.00. The number of benzene rings is 2. The van der Waals surface area contributed by atoms with Crippen LogP contribution >= 0.6 is 0 Å². The second-order valence-corrected chi connectivity index (χ2v) is 3.80. The summed E-state index contributed by atoms with van der Waals surface area (Å²) in [6.45, 7) is 2.34. The van der Waals surface area contributed by atoms with Crippen LogP contribution < -0.4 is 0 Å². The van der Waals surface area contributed by atoms with Crippen molar-refractivity contribution in [1.82, 2.24) is 0 Å². The molecule has 0 unspecified atom stereocenters. The summed E-state index contributed by atoms with van der Waals surface area (Å²) >= 11 is 0. The van der Waals surface area contributed by atoms with E-state index in [9.17, 15) is 4.91 Å². The van der Waals surface area contributed by atoms with Gasteiger partial charge in [-0.15, -0.1) is 0 Å². The Kier molecular flexibility index (Phi) is 3.10. The summed E-state index contributed by atoms with van der Waals surface area (Å²) in [7, 11) is 0. The lowest BCUT2D eigenvalue weighted by Crippen LogP contribution is -1.84. The van der Waals surface area contributed by atoms with Crippen molar-refractivity contribution in [2.24, 2.45) is 5.18 Å². The number of nitroso groups, excluding NO2 is 1. The molecule has 0 saturated heterocycles. The molecule has 0 saturated carbocycles. The van der Waals surface area contributed by atoms with Gasteiger partial charge in [0.25, 0.3) is 0 Å². The molecule has 0 fully saturated rings. The zero-order valence-corrected chi connectivity index (χ0v) is 9.18. The van der Waals surface area contributed by atoms with Crippen molar-refractivity contribution in [3.63, 3.8) is 0 Å². The standard InChI is InChI=1S/C14H13NO/c1-11-4-2-3-5-14(11)13-8-6-12(7-9-13)10-15-16/h2-9H,10H2,1H3. The van der Waals surface area contributed by atoms with E-state index in [1.165, 1.54) is 16.7 Å². The van der Waals surface area contributed by atoms with Gasteiger partial charge in [0.05, 0.1) is 0 Å². The summed E-state index contributed by atoms with van der Waals surface area (Å²) in [4.78, 5) is 10.1. The molecule has 80 valence electrons. The minimum absolute atomic E-state index is 0.244. The second kappa shape index (κ2) is 4.71. The van der Waals surface area contributed by atoms with Gasteiger partial charge in [-0.05, 0) is 29.2 Å². The summed E-state index contributed by atoms with van der Waals surface area (Å²) in [5.41, 5.74) is 4.61. The lowest BCUT2D eigenvalue weighted by atomic mass is 10.00. The van der Waals surface area contributed by atoms with Crippen molar-refractivity contribution in [3.8, 4) is 11.1 Å². The van der Waals surface area contributed by atoms with E-state index in [0.717, 1.165) is 5.56 Å². The number of rotatable bonds is 3. The van der Waals surface area contributed by atoms with Gasteiger partial charge in [0, 0.05) is 0 Å². The van der Waals surface area contributed by atoms with E-state index in [-0.39, 0.29) is 6.54 Å². The van der Waals surface area contributed by atoms with Crippen molar-refractivity contribution < 1.29 is 0 Å². The molecular formula is C14H13NO. The first-order chi connectivity index (χ1) is 7.81. The highest BCUT2D eigenvalue weighted by atomic mass is 16.3. The third-order valence-electron chi connectivity index (χ3n) is 2.66. The quantitative estimate of drug-likeness (QED) is 0.707. The molecule has 2 aromatic carbocycles. The Balaban J connectivity index is 2.35. The smallest absolute Gasteiger partial charge is 0.106 e. The first kappa shape index (κ1) is 10.6. The van der Waals surface area contributed by atoms with Gasteiger partial charge in [-0.25, -0.2) is 0 Å². The van der Waals surface area contributed by atoms with E-state index in [1.54, 1.807) is 0 Å². The van der Waals surface area contributed by atoms with Gasteiger partial charge in [0.15, 0.2) is 0 Å². The molecule has 0 heterocycles. The number of nitrogens with zero attached hydrogens (tertiary/aromatic N) is 1. The van der Waals surface area contributed by atoms with Crippen LogP contribution in [0.15, 0.2) is 53.7 Å². The van der Waals surface area contributed by atoms with Crippen LogP contribution in [0.1, 0.15) is 11.1 Å². The lowest BCUT2D eigenvalue weighted by Gasteiger charge is -2.05. The average molecular weight is 211 g/mol. The Morgan fingerprint density at radius 2 is 1.69 bits per heavy atom. The van der Waals surface area contributed by atoms with E-state index < -0.39 is 0 Å². The van der Waals surface area contributed by atoms with Crippen LogP contribution in [0.4, 0.5) is 0 Å². The molecular weight excluding hydrogens is 198 g/mol. The summed E-state index contributed by atoms with van der Waals surface area (Å²) in [5.74, 6) is 0. The molecule has 2 heteroatoms. The Morgan fingerprint density at radius 3 is 2.31 bits per heavy atom. The van der Waals surface area contributed by atoms with Crippen LogP contribution in [0, 0.1) is 11.8 Å². The van der Waals surface area contributed by atoms with Gasteiger partial charge < -0.3 is 0 Å². The van der Waals surface area contributed by atoms with E-state index in [4.69, 9.17) is 0 Å². The predicted molar refractivity (Wildman–Crippen MR) is 66.1 cm³/mol. The highest BCUT2D eigenvalue weighted by molar-refractivity contribution is 5.67. The largest absolute Gasteiger partial charge is 0.150 e. The highest BCUT2D eigenvalue weighted by Crippen LogP contribution is 2.23. The fourth-order valence-electron chi connectivity index (χ4n) is 1.76. The predicted octanol–water partition coefficient (Wildman–Crippen LogP) is 3.93. The van der Waals surface area contributed by atoms with Gasteiger partial charge in [0.2, 0.25) is 0 Å². The summed E-state index contributed by atoms with van der Waals surface area (Å²) in [5, 5.41) is 2.88. The average Bonchev–Trinajstić information content (AvgIpc) is 2.31. The zero-order valence-electron chi connectivity index (χ0n) is 9.18. The minimum Gasteiger partial charge on any atom is -0.150 e. The van der Waals surface area contributed by atoms with Gasteiger partial charge >= 0.3 is 0 Å². The number of aryl methyl sites for hydroxylation is 1. The number of hydrogen-bond donors (Lipinski definition) is 0. The molecule has 2 nitrogen and oxygen atoms in total. The first-order valence-corrected chi connectivity index (χ1v) is 5.25. The fourth-order valence-corrected chi connectivity index (χ4v) is 1.76. The van der Waals surface area contributed by atoms with Crippen LogP contribution in [-0.2, 0) is 6.54 Å². The van der Waals surface area contributed by atoms with E-state index in [1.807, 2.05) is 36.4 Å². The lowest BCUT2D eigenvalue weighted by molar-refractivity contribution is 1.06. The topological polar surface area (TPSA) is 29.4 Å². The zero-order chi connectivity index (χ0) is 11.4. The molecule has 0 radical (unpaired) electrons. The molecule has 2 aromatic rings. The van der Waals surface area contributed by atoms with E-state index >= 15 is 0 Å². The third-order valence-corrected chi connectivity index (χ3v) is 2.66. The van der Waals surface area contributed by atoms with Crippen LogP contribution in [0.2, 0.25) is 0 Å². The summed E-state index contributed by atoms with van der Waals surface area (Å²) in [6.07, 6.45) is 0. The van der Waals surface area contributed by atoms with Gasteiger partial charge in [0.1, 0.15) is 6.54 Å². The normalized spacial score (nSPS) is 10.1. The monoisotopic (exact) mass is 211 g/mol. The Morgan fingerprint density at radius 1 is 1.00 bits per heavy atom. The van der Waals surface area contributed by atoms with E-state index in [2.05, 4.69) is 24.2 Å². The first-order valence-electron chi connectivity index (χ1n) is 5.25. The maximum Gasteiger partial charge on any atom is 0.106 e. The molecule has 0 aliphatic carbocycles. The molecule has 0 spiro atoms. The SMILES string of the molecule is Cc1ccccc1-c1ccc(CN=O)cc1. The minimum atomic E-state index is 0.244. The van der Waals surface area contributed by atoms with Gasteiger partial charge in [-0.3, -0.25) is 0 Å². The molecule has 0 amide bonds. The van der Waals surface area contributed by atoms with Crippen molar-refractivity contribution in [3.05, 3.63) is 64.6 Å². The maximum atomic E-state index is 10.1. The van der Waals surface area contributed by atoms with Crippen LogP contribution in [0.25, 0.3) is 11.1 Å². The fraction of sp³-hybridized carbons (Fsp3) is 0.143. The Hall–Kier alpha value is -1.96. The maximum absolute atomic E-state index is 10.1. The van der Waals surface area contributed by atoms with Crippen molar-refractivity contribution in [2.75, 3.05) is 0 Å². The van der Waals surface area contributed by atoms with Crippen LogP contribution in [-0.4, -0.2) is 0 Å². The Labute approximate surface area is 94.9 Å². The summed E-state index contributed by atoms with van der Waals surface area (Å²) in [6, 6.07) is 16.2. The molecule has 0 aliphatic rings. The molecule has 0 bridgehead atoms.